The maximum Gasteiger partial charge on any atom is 0.410 e. The fraction of sp³-hybridized carbons (Fsp3) is 0.536. The van der Waals surface area contributed by atoms with Gasteiger partial charge < -0.3 is 19.4 Å². The molecule has 1 N–H and O–H groups in total. The van der Waals surface area contributed by atoms with Crippen LogP contribution in [0.4, 0.5) is 4.79 Å². The van der Waals surface area contributed by atoms with Crippen LogP contribution in [0.25, 0.3) is 22.4 Å². The molecular weight excluding hydrogens is 500 g/mol. The van der Waals surface area contributed by atoms with Crippen molar-refractivity contribution in [1.82, 2.24) is 29.5 Å². The molecule has 1 fully saturated rings. The summed E-state index contributed by atoms with van der Waals surface area (Å²) in [7, 11) is 1.73. The number of benzene rings is 1. The second-order valence-corrected chi connectivity index (χ2v) is 10.7. The Morgan fingerprint density at radius 3 is 2.46 bits per heavy atom. The van der Waals surface area contributed by atoms with Gasteiger partial charge in [-0.15, -0.1) is 0 Å². The molecule has 1 saturated heterocycles. The number of nitrogens with zero attached hydrogens (tertiary/aromatic N) is 5. The number of carbonyl (C=O) groups is 2. The largest absolute Gasteiger partial charge is 0.493 e. The SMILES string of the molecule is CCCc1nn(C)c2c(=O)[nH]c(-c3cc(C(=O)CN4CCN(C(=O)OC(C)(C)C)CC4)ccc3OCC)nc12. The molecular formula is C28H38N6O5. The topological polar surface area (TPSA) is 123 Å². The molecule has 0 bridgehead atoms. The van der Waals surface area contributed by atoms with E-state index in [1.165, 1.54) is 0 Å². The predicted molar refractivity (Wildman–Crippen MR) is 148 cm³/mol. The van der Waals surface area contributed by atoms with Gasteiger partial charge in [0, 0.05) is 38.8 Å². The van der Waals surface area contributed by atoms with E-state index in [-0.39, 0.29) is 24.0 Å². The Labute approximate surface area is 228 Å². The number of nitrogens with one attached hydrogen (secondary N) is 1. The number of carbonyl (C=O) groups excluding carboxylic acids is 2. The fourth-order valence-corrected chi connectivity index (χ4v) is 4.66. The summed E-state index contributed by atoms with van der Waals surface area (Å²) in [5.74, 6) is 0.798. The number of aromatic amines is 1. The van der Waals surface area contributed by atoms with Crippen molar-refractivity contribution in [2.75, 3.05) is 39.3 Å². The van der Waals surface area contributed by atoms with E-state index in [1.807, 2.05) is 39.5 Å². The molecule has 11 nitrogen and oxygen atoms in total. The molecule has 0 saturated carbocycles. The molecule has 1 aliphatic rings. The number of hydrogen-bond donors (Lipinski definition) is 1. The predicted octanol–water partition coefficient (Wildman–Crippen LogP) is 3.41. The van der Waals surface area contributed by atoms with Gasteiger partial charge in [0.25, 0.3) is 5.56 Å². The summed E-state index contributed by atoms with van der Waals surface area (Å²) in [5, 5.41) is 4.49. The van der Waals surface area contributed by atoms with Crippen molar-refractivity contribution >= 4 is 22.9 Å². The quantitative estimate of drug-likeness (QED) is 0.433. The second-order valence-electron chi connectivity index (χ2n) is 10.7. The number of piperazine rings is 1. The van der Waals surface area contributed by atoms with Gasteiger partial charge in [-0.1, -0.05) is 13.3 Å². The van der Waals surface area contributed by atoms with E-state index in [0.717, 1.165) is 12.1 Å². The zero-order chi connectivity index (χ0) is 28.3. The lowest BCUT2D eigenvalue weighted by Crippen LogP contribution is -2.51. The average molecular weight is 539 g/mol. The van der Waals surface area contributed by atoms with Crippen LogP contribution in [-0.2, 0) is 18.2 Å². The molecule has 2 aromatic heterocycles. The molecule has 1 aliphatic heterocycles. The molecule has 1 aromatic carbocycles. The van der Waals surface area contributed by atoms with Crippen molar-refractivity contribution in [3.8, 4) is 17.1 Å². The normalized spacial score (nSPS) is 14.6. The number of fused-ring (bicyclic) bond motifs is 1. The summed E-state index contributed by atoms with van der Waals surface area (Å²) in [4.78, 5) is 50.0. The first-order chi connectivity index (χ1) is 18.5. The van der Waals surface area contributed by atoms with Gasteiger partial charge in [-0.2, -0.15) is 5.10 Å². The van der Waals surface area contributed by atoms with Crippen LogP contribution in [0.2, 0.25) is 0 Å². The van der Waals surface area contributed by atoms with Crippen LogP contribution >= 0.6 is 0 Å². The molecule has 210 valence electrons. The van der Waals surface area contributed by atoms with Crippen molar-refractivity contribution < 1.29 is 19.1 Å². The third kappa shape index (κ3) is 6.47. The zero-order valence-electron chi connectivity index (χ0n) is 23.7. The Hall–Kier alpha value is -3.73. The number of ketones is 1. The smallest absolute Gasteiger partial charge is 0.410 e. The first-order valence-corrected chi connectivity index (χ1v) is 13.5. The van der Waals surface area contributed by atoms with E-state index in [0.29, 0.717) is 72.9 Å². The molecule has 0 aliphatic carbocycles. The Morgan fingerprint density at radius 1 is 1.10 bits per heavy atom. The van der Waals surface area contributed by atoms with Crippen LogP contribution in [0.15, 0.2) is 23.0 Å². The maximum atomic E-state index is 13.3. The first kappa shape index (κ1) is 28.3. The molecule has 11 heteroatoms. The molecule has 4 rings (SSSR count). The van der Waals surface area contributed by atoms with Crippen molar-refractivity contribution in [3.05, 3.63) is 39.8 Å². The van der Waals surface area contributed by atoms with Gasteiger partial charge in [0.05, 0.1) is 24.4 Å². The zero-order valence-corrected chi connectivity index (χ0v) is 23.7. The molecule has 3 heterocycles. The third-order valence-electron chi connectivity index (χ3n) is 6.50. The standard InChI is InChI=1S/C28H38N6O5/c1-7-9-20-23-24(32(6)31-20)26(36)30-25(29-23)19-16-18(10-11-22(19)38-8-2)21(35)17-33-12-14-34(15-13-33)27(37)39-28(3,4)5/h10-11,16H,7-9,12-15,17H2,1-6H3,(H,29,30,36). The summed E-state index contributed by atoms with van der Waals surface area (Å²) >= 11 is 0. The first-order valence-electron chi connectivity index (χ1n) is 13.5. The van der Waals surface area contributed by atoms with Gasteiger partial charge in [-0.05, 0) is 52.3 Å². The number of H-pyrrole nitrogens is 1. The van der Waals surface area contributed by atoms with Crippen LogP contribution in [0.1, 0.15) is 57.1 Å². The second kappa shape index (κ2) is 11.6. The van der Waals surface area contributed by atoms with Crippen LogP contribution < -0.4 is 10.3 Å². The number of hydrogen-bond acceptors (Lipinski definition) is 8. The molecule has 39 heavy (non-hydrogen) atoms. The van der Waals surface area contributed by atoms with E-state index in [4.69, 9.17) is 14.5 Å². The highest BCUT2D eigenvalue weighted by atomic mass is 16.6. The number of Topliss-reactive ketones (excluding diaryl/α,β-unsaturated/α-hetero) is 1. The monoisotopic (exact) mass is 538 g/mol. The van der Waals surface area contributed by atoms with Crippen LogP contribution in [0, 0.1) is 0 Å². The van der Waals surface area contributed by atoms with Gasteiger partial charge >= 0.3 is 6.09 Å². The lowest BCUT2D eigenvalue weighted by molar-refractivity contribution is 0.0149. The highest BCUT2D eigenvalue weighted by Crippen LogP contribution is 2.30. The summed E-state index contributed by atoms with van der Waals surface area (Å²) in [6.45, 7) is 12.2. The molecule has 3 aromatic rings. The summed E-state index contributed by atoms with van der Waals surface area (Å²) in [6.07, 6.45) is 1.24. The minimum Gasteiger partial charge on any atom is -0.493 e. The lowest BCUT2D eigenvalue weighted by Gasteiger charge is -2.35. The van der Waals surface area contributed by atoms with Crippen LogP contribution in [0.5, 0.6) is 5.75 Å². The highest BCUT2D eigenvalue weighted by Gasteiger charge is 2.27. The molecule has 0 unspecified atom stereocenters. The van der Waals surface area contributed by atoms with Crippen molar-refractivity contribution in [2.45, 2.75) is 53.1 Å². The van der Waals surface area contributed by atoms with Gasteiger partial charge in [0.15, 0.2) is 11.3 Å². The summed E-state index contributed by atoms with van der Waals surface area (Å²) < 4.78 is 12.8. The van der Waals surface area contributed by atoms with E-state index in [1.54, 1.807) is 34.8 Å². The molecule has 1 amide bonds. The molecule has 0 atom stereocenters. The molecule has 0 spiro atoms. The summed E-state index contributed by atoms with van der Waals surface area (Å²) in [5.41, 5.74) is 1.92. The minimum atomic E-state index is -0.548. The van der Waals surface area contributed by atoms with E-state index in [2.05, 4.69) is 10.1 Å². The Balaban J connectivity index is 1.56. The highest BCUT2D eigenvalue weighted by molar-refractivity contribution is 5.99. The number of ether oxygens (including phenoxy) is 2. The third-order valence-corrected chi connectivity index (χ3v) is 6.50. The van der Waals surface area contributed by atoms with Crippen LogP contribution in [-0.4, -0.2) is 86.4 Å². The van der Waals surface area contributed by atoms with Gasteiger partial charge in [0.1, 0.15) is 22.7 Å². The number of amides is 1. The summed E-state index contributed by atoms with van der Waals surface area (Å²) in [6, 6.07) is 5.20. The van der Waals surface area contributed by atoms with Crippen molar-refractivity contribution in [3.63, 3.8) is 0 Å². The van der Waals surface area contributed by atoms with Gasteiger partial charge in [-0.25, -0.2) is 9.78 Å². The fourth-order valence-electron chi connectivity index (χ4n) is 4.66. The van der Waals surface area contributed by atoms with E-state index < -0.39 is 5.60 Å². The van der Waals surface area contributed by atoms with Crippen molar-refractivity contribution in [2.24, 2.45) is 7.05 Å². The average Bonchev–Trinajstić information content (AvgIpc) is 3.19. The van der Waals surface area contributed by atoms with E-state index in [9.17, 15) is 14.4 Å². The molecule has 0 radical (unpaired) electrons. The number of aryl methyl sites for hydroxylation is 2. The number of rotatable bonds is 8. The van der Waals surface area contributed by atoms with Crippen LogP contribution in [0.3, 0.4) is 0 Å². The van der Waals surface area contributed by atoms with Crippen molar-refractivity contribution in [1.29, 1.82) is 0 Å². The lowest BCUT2D eigenvalue weighted by atomic mass is 10.0. The Bertz CT molecular complexity index is 1410. The number of aromatic nitrogens is 4. The Morgan fingerprint density at radius 2 is 1.82 bits per heavy atom. The maximum absolute atomic E-state index is 13.3. The van der Waals surface area contributed by atoms with E-state index >= 15 is 0 Å². The van der Waals surface area contributed by atoms with Gasteiger partial charge in [-0.3, -0.25) is 19.2 Å². The van der Waals surface area contributed by atoms with Gasteiger partial charge in [0.2, 0.25) is 0 Å². The Kier molecular flexibility index (Phi) is 8.39. The minimum absolute atomic E-state index is 0.0681.